The van der Waals surface area contributed by atoms with Gasteiger partial charge in [0.2, 0.25) is 15.9 Å². The van der Waals surface area contributed by atoms with Crippen LogP contribution in [0.5, 0.6) is 0 Å². The zero-order chi connectivity index (χ0) is 24.0. The molecule has 3 aromatic rings. The predicted octanol–water partition coefficient (Wildman–Crippen LogP) is 3.44. The lowest BCUT2D eigenvalue weighted by atomic mass is 10.1. The van der Waals surface area contributed by atoms with Crippen LogP contribution < -0.4 is 4.72 Å². The van der Waals surface area contributed by atoms with E-state index in [4.69, 9.17) is 4.74 Å². The number of benzene rings is 3. The third-order valence-corrected chi connectivity index (χ3v) is 7.18. The quantitative estimate of drug-likeness (QED) is 0.501. The zero-order valence-corrected chi connectivity index (χ0v) is 19.4. The van der Waals surface area contributed by atoms with Gasteiger partial charge in [-0.1, -0.05) is 78.9 Å². The summed E-state index contributed by atoms with van der Waals surface area (Å²) in [7, 11) is -3.98. The molecule has 1 saturated heterocycles. The Bertz CT molecular complexity index is 1220. The second kappa shape index (κ2) is 10.6. The molecule has 0 spiro atoms. The Balaban J connectivity index is 1.55. The van der Waals surface area contributed by atoms with Gasteiger partial charge in [0.05, 0.1) is 4.90 Å². The SMILES string of the molecule is O=C(OCc1ccccc1)[C@@H]1CCCN1C(=O)[C@@H](NS(=O)(=O)c1ccccc1)c1ccccc1. The van der Waals surface area contributed by atoms with E-state index in [9.17, 15) is 18.0 Å². The highest BCUT2D eigenvalue weighted by atomic mass is 32.2. The van der Waals surface area contributed by atoms with E-state index in [0.717, 1.165) is 5.56 Å². The molecule has 3 aromatic carbocycles. The van der Waals surface area contributed by atoms with Crippen LogP contribution in [0.15, 0.2) is 95.9 Å². The van der Waals surface area contributed by atoms with E-state index < -0.39 is 34.0 Å². The number of hydrogen-bond acceptors (Lipinski definition) is 5. The molecule has 2 atom stereocenters. The molecule has 34 heavy (non-hydrogen) atoms. The van der Waals surface area contributed by atoms with Crippen LogP contribution >= 0.6 is 0 Å². The van der Waals surface area contributed by atoms with Crippen LogP contribution in [0.25, 0.3) is 0 Å². The molecule has 1 fully saturated rings. The van der Waals surface area contributed by atoms with Gasteiger partial charge in [-0.25, -0.2) is 13.2 Å². The molecule has 0 unspecified atom stereocenters. The highest BCUT2D eigenvalue weighted by Gasteiger charge is 2.40. The maximum atomic E-state index is 13.6. The van der Waals surface area contributed by atoms with Gasteiger partial charge in [-0.15, -0.1) is 0 Å². The first-order chi connectivity index (χ1) is 16.5. The molecule has 7 nitrogen and oxygen atoms in total. The summed E-state index contributed by atoms with van der Waals surface area (Å²) < 4.78 is 34.1. The Morgan fingerprint density at radius 3 is 2.15 bits per heavy atom. The number of amides is 1. The van der Waals surface area contributed by atoms with Crippen molar-refractivity contribution in [1.82, 2.24) is 9.62 Å². The smallest absolute Gasteiger partial charge is 0.329 e. The van der Waals surface area contributed by atoms with Gasteiger partial charge in [0.1, 0.15) is 18.7 Å². The maximum Gasteiger partial charge on any atom is 0.329 e. The number of ether oxygens (including phenoxy) is 1. The van der Waals surface area contributed by atoms with Gasteiger partial charge in [-0.3, -0.25) is 4.79 Å². The van der Waals surface area contributed by atoms with E-state index >= 15 is 0 Å². The van der Waals surface area contributed by atoms with Crippen LogP contribution in [0, 0.1) is 0 Å². The molecule has 0 bridgehead atoms. The summed E-state index contributed by atoms with van der Waals surface area (Å²) in [4.78, 5) is 28.0. The average Bonchev–Trinajstić information content (AvgIpc) is 3.37. The van der Waals surface area contributed by atoms with Crippen molar-refractivity contribution in [3.05, 3.63) is 102 Å². The van der Waals surface area contributed by atoms with Crippen LogP contribution in [0.3, 0.4) is 0 Å². The number of carbonyl (C=O) groups is 2. The topological polar surface area (TPSA) is 92.8 Å². The van der Waals surface area contributed by atoms with Gasteiger partial charge in [-0.2, -0.15) is 4.72 Å². The van der Waals surface area contributed by atoms with Crippen molar-refractivity contribution in [1.29, 1.82) is 0 Å². The maximum absolute atomic E-state index is 13.6. The van der Waals surface area contributed by atoms with E-state index in [2.05, 4.69) is 4.72 Å². The summed E-state index contributed by atoms with van der Waals surface area (Å²) in [5, 5.41) is 0. The molecule has 4 rings (SSSR count). The summed E-state index contributed by atoms with van der Waals surface area (Å²) in [6.45, 7) is 0.460. The van der Waals surface area contributed by atoms with Crippen molar-refractivity contribution in [2.75, 3.05) is 6.54 Å². The molecule has 0 radical (unpaired) electrons. The van der Waals surface area contributed by atoms with Gasteiger partial charge in [-0.05, 0) is 36.1 Å². The highest BCUT2D eigenvalue weighted by molar-refractivity contribution is 7.89. The average molecular weight is 479 g/mol. The number of carbonyl (C=O) groups excluding carboxylic acids is 2. The summed E-state index contributed by atoms with van der Waals surface area (Å²) >= 11 is 0. The second-order valence-corrected chi connectivity index (χ2v) is 9.77. The molecule has 1 amide bonds. The van der Waals surface area contributed by atoms with Gasteiger partial charge >= 0.3 is 5.97 Å². The normalized spacial score (nSPS) is 16.7. The number of esters is 1. The lowest BCUT2D eigenvalue weighted by molar-refractivity contribution is -0.155. The zero-order valence-electron chi connectivity index (χ0n) is 18.5. The molecule has 1 N–H and O–H groups in total. The Morgan fingerprint density at radius 2 is 1.50 bits per heavy atom. The van der Waals surface area contributed by atoms with Crippen molar-refractivity contribution >= 4 is 21.9 Å². The molecular weight excluding hydrogens is 452 g/mol. The molecule has 1 aliphatic rings. The molecule has 8 heteroatoms. The van der Waals surface area contributed by atoms with E-state index in [-0.39, 0.29) is 11.5 Å². The summed E-state index contributed by atoms with van der Waals surface area (Å²) in [5.74, 6) is -0.975. The minimum absolute atomic E-state index is 0.0592. The fourth-order valence-electron chi connectivity index (χ4n) is 4.00. The number of likely N-dealkylation sites (tertiary alicyclic amines) is 1. The number of nitrogens with zero attached hydrogens (tertiary/aromatic N) is 1. The third kappa shape index (κ3) is 5.52. The molecular formula is C26H26N2O5S. The first-order valence-electron chi connectivity index (χ1n) is 11.1. The van der Waals surface area contributed by atoms with Crippen LogP contribution in [-0.4, -0.2) is 37.8 Å². The minimum atomic E-state index is -3.98. The molecule has 1 heterocycles. The van der Waals surface area contributed by atoms with E-state index in [1.807, 2.05) is 30.3 Å². The van der Waals surface area contributed by atoms with Crippen molar-refractivity contribution in [3.8, 4) is 0 Å². The monoisotopic (exact) mass is 478 g/mol. The largest absolute Gasteiger partial charge is 0.459 e. The minimum Gasteiger partial charge on any atom is -0.459 e. The summed E-state index contributed by atoms with van der Waals surface area (Å²) in [6, 6.07) is 23.9. The lowest BCUT2D eigenvalue weighted by Crippen LogP contribution is -2.47. The van der Waals surface area contributed by atoms with Gasteiger partial charge < -0.3 is 9.64 Å². The van der Waals surface area contributed by atoms with Crippen molar-refractivity contribution < 1.29 is 22.7 Å². The van der Waals surface area contributed by atoms with Crippen LogP contribution in [0.4, 0.5) is 0 Å². The van der Waals surface area contributed by atoms with E-state index in [1.165, 1.54) is 17.0 Å². The van der Waals surface area contributed by atoms with Gasteiger partial charge in [0.15, 0.2) is 0 Å². The Kier molecular flexibility index (Phi) is 7.40. The first-order valence-corrected chi connectivity index (χ1v) is 12.6. The van der Waals surface area contributed by atoms with Crippen LogP contribution in [0.2, 0.25) is 0 Å². The third-order valence-electron chi connectivity index (χ3n) is 5.74. The van der Waals surface area contributed by atoms with Crippen molar-refractivity contribution in [2.24, 2.45) is 0 Å². The van der Waals surface area contributed by atoms with Crippen LogP contribution in [0.1, 0.15) is 30.0 Å². The number of hydrogen-bond donors (Lipinski definition) is 1. The molecule has 0 saturated carbocycles. The van der Waals surface area contributed by atoms with Crippen molar-refractivity contribution in [2.45, 2.75) is 36.4 Å². The van der Waals surface area contributed by atoms with Crippen molar-refractivity contribution in [3.63, 3.8) is 0 Å². The summed E-state index contributed by atoms with van der Waals surface area (Å²) in [6.07, 6.45) is 1.09. The highest BCUT2D eigenvalue weighted by Crippen LogP contribution is 2.26. The standard InChI is InChI=1S/C26H26N2O5S/c29-25(28-18-10-17-23(28)26(30)33-19-20-11-4-1-5-12-20)24(21-13-6-2-7-14-21)27-34(31,32)22-15-8-3-9-16-22/h1-9,11-16,23-24,27H,10,17-19H2/t23-,24-/m0/s1. The lowest BCUT2D eigenvalue weighted by Gasteiger charge is -2.28. The molecule has 176 valence electrons. The fourth-order valence-corrected chi connectivity index (χ4v) is 5.19. The Labute approximate surface area is 199 Å². The number of sulfonamides is 1. The van der Waals surface area contributed by atoms with E-state index in [1.54, 1.807) is 48.5 Å². The molecule has 0 aromatic heterocycles. The van der Waals surface area contributed by atoms with E-state index in [0.29, 0.717) is 24.9 Å². The summed E-state index contributed by atoms with van der Waals surface area (Å²) in [5.41, 5.74) is 1.35. The number of rotatable bonds is 8. The van der Waals surface area contributed by atoms with Gasteiger partial charge in [0, 0.05) is 6.54 Å². The Morgan fingerprint density at radius 1 is 0.912 bits per heavy atom. The second-order valence-electron chi connectivity index (χ2n) is 8.06. The predicted molar refractivity (Wildman–Crippen MR) is 127 cm³/mol. The molecule has 0 aliphatic carbocycles. The fraction of sp³-hybridized carbons (Fsp3) is 0.231. The first kappa shape index (κ1) is 23.7. The number of nitrogens with one attached hydrogen (secondary N) is 1. The molecule has 1 aliphatic heterocycles. The van der Waals surface area contributed by atoms with Crippen LogP contribution in [-0.2, 0) is 31.0 Å². The Hall–Kier alpha value is -3.49. The van der Waals surface area contributed by atoms with Gasteiger partial charge in [0.25, 0.3) is 0 Å².